The average Bonchev–Trinajstić information content (AvgIpc) is 2.28. The molecule has 0 bridgehead atoms. The SMILES string of the molecule is CC(=O)Nc1ccc(NC(=O)CCC(N)=O)cc1. The van der Waals surface area contributed by atoms with Crippen LogP contribution >= 0.6 is 0 Å². The molecule has 0 aliphatic rings. The van der Waals surface area contributed by atoms with Gasteiger partial charge in [-0.25, -0.2) is 0 Å². The van der Waals surface area contributed by atoms with Crippen LogP contribution in [-0.4, -0.2) is 17.7 Å². The van der Waals surface area contributed by atoms with Gasteiger partial charge in [0.1, 0.15) is 0 Å². The number of amides is 3. The third-order valence-electron chi connectivity index (χ3n) is 2.09. The number of nitrogens with one attached hydrogen (secondary N) is 2. The van der Waals surface area contributed by atoms with E-state index in [4.69, 9.17) is 5.73 Å². The summed E-state index contributed by atoms with van der Waals surface area (Å²) in [6.45, 7) is 1.42. The van der Waals surface area contributed by atoms with Gasteiger partial charge in [-0.15, -0.1) is 0 Å². The fourth-order valence-electron chi connectivity index (χ4n) is 1.30. The number of carbonyl (C=O) groups is 3. The predicted octanol–water partition coefficient (Wildman–Crippen LogP) is 0.849. The molecule has 1 aromatic rings. The molecule has 18 heavy (non-hydrogen) atoms. The van der Waals surface area contributed by atoms with Gasteiger partial charge in [-0.05, 0) is 24.3 Å². The summed E-state index contributed by atoms with van der Waals surface area (Å²) in [6, 6.07) is 6.66. The van der Waals surface area contributed by atoms with Crippen LogP contribution in [-0.2, 0) is 14.4 Å². The molecular formula is C12H15N3O3. The molecular weight excluding hydrogens is 234 g/mol. The van der Waals surface area contributed by atoms with Crippen LogP contribution in [0.3, 0.4) is 0 Å². The highest BCUT2D eigenvalue weighted by Crippen LogP contribution is 2.13. The molecule has 6 nitrogen and oxygen atoms in total. The lowest BCUT2D eigenvalue weighted by molar-refractivity contribution is -0.122. The Kier molecular flexibility index (Phi) is 4.86. The van der Waals surface area contributed by atoms with Gasteiger partial charge in [0.25, 0.3) is 0 Å². The van der Waals surface area contributed by atoms with E-state index in [-0.39, 0.29) is 24.7 Å². The number of primary amides is 1. The molecule has 3 amide bonds. The van der Waals surface area contributed by atoms with Gasteiger partial charge in [-0.3, -0.25) is 14.4 Å². The first-order valence-electron chi connectivity index (χ1n) is 5.43. The van der Waals surface area contributed by atoms with Crippen molar-refractivity contribution in [3.63, 3.8) is 0 Å². The number of nitrogens with two attached hydrogens (primary N) is 1. The molecule has 0 unspecified atom stereocenters. The van der Waals surface area contributed by atoms with Gasteiger partial charge in [0.15, 0.2) is 0 Å². The largest absolute Gasteiger partial charge is 0.370 e. The third kappa shape index (κ3) is 5.11. The average molecular weight is 249 g/mol. The standard InChI is InChI=1S/C12H15N3O3/c1-8(16)14-9-2-4-10(5-3-9)15-12(18)7-6-11(13)17/h2-5H,6-7H2,1H3,(H2,13,17)(H,14,16)(H,15,18). The molecule has 0 heterocycles. The normalized spacial score (nSPS) is 9.61. The molecule has 0 fully saturated rings. The van der Waals surface area contributed by atoms with Crippen molar-refractivity contribution in [3.8, 4) is 0 Å². The van der Waals surface area contributed by atoms with Gasteiger partial charge in [0.05, 0.1) is 0 Å². The van der Waals surface area contributed by atoms with Crippen molar-refractivity contribution in [2.45, 2.75) is 19.8 Å². The molecule has 4 N–H and O–H groups in total. The molecule has 0 saturated carbocycles. The van der Waals surface area contributed by atoms with Gasteiger partial charge in [0.2, 0.25) is 17.7 Å². The van der Waals surface area contributed by atoms with Crippen molar-refractivity contribution in [2.24, 2.45) is 5.73 Å². The summed E-state index contributed by atoms with van der Waals surface area (Å²) < 4.78 is 0. The maximum atomic E-state index is 11.4. The molecule has 0 atom stereocenters. The molecule has 0 saturated heterocycles. The topological polar surface area (TPSA) is 101 Å². The zero-order valence-corrected chi connectivity index (χ0v) is 10.0. The second-order valence-corrected chi connectivity index (χ2v) is 3.77. The van der Waals surface area contributed by atoms with Gasteiger partial charge in [0, 0.05) is 31.1 Å². The van der Waals surface area contributed by atoms with E-state index in [0.29, 0.717) is 11.4 Å². The smallest absolute Gasteiger partial charge is 0.224 e. The van der Waals surface area contributed by atoms with E-state index < -0.39 is 5.91 Å². The number of benzene rings is 1. The Morgan fingerprint density at radius 2 is 1.50 bits per heavy atom. The third-order valence-corrected chi connectivity index (χ3v) is 2.09. The first-order chi connectivity index (χ1) is 8.47. The summed E-state index contributed by atoms with van der Waals surface area (Å²) in [5, 5.41) is 5.23. The van der Waals surface area contributed by atoms with E-state index in [2.05, 4.69) is 10.6 Å². The van der Waals surface area contributed by atoms with Crippen LogP contribution in [0.25, 0.3) is 0 Å². The zero-order chi connectivity index (χ0) is 13.5. The summed E-state index contributed by atoms with van der Waals surface area (Å²) in [6.07, 6.45) is 0.0819. The van der Waals surface area contributed by atoms with Gasteiger partial charge >= 0.3 is 0 Å². The summed E-state index contributed by atoms with van der Waals surface area (Å²) in [5.41, 5.74) is 6.19. The number of carbonyl (C=O) groups excluding carboxylic acids is 3. The molecule has 6 heteroatoms. The van der Waals surface area contributed by atoms with Crippen LogP contribution in [0.5, 0.6) is 0 Å². The minimum Gasteiger partial charge on any atom is -0.370 e. The van der Waals surface area contributed by atoms with Crippen LogP contribution in [0.1, 0.15) is 19.8 Å². The highest BCUT2D eigenvalue weighted by molar-refractivity contribution is 5.93. The second kappa shape index (κ2) is 6.39. The number of hydrogen-bond donors (Lipinski definition) is 3. The Morgan fingerprint density at radius 3 is 1.94 bits per heavy atom. The van der Waals surface area contributed by atoms with Crippen LogP contribution < -0.4 is 16.4 Å². The van der Waals surface area contributed by atoms with E-state index in [1.54, 1.807) is 24.3 Å². The van der Waals surface area contributed by atoms with Crippen molar-refractivity contribution in [1.29, 1.82) is 0 Å². The predicted molar refractivity (Wildman–Crippen MR) is 67.8 cm³/mol. The fraction of sp³-hybridized carbons (Fsp3) is 0.250. The Morgan fingerprint density at radius 1 is 1.00 bits per heavy atom. The molecule has 0 spiro atoms. The maximum Gasteiger partial charge on any atom is 0.224 e. The van der Waals surface area contributed by atoms with Crippen LogP contribution in [0, 0.1) is 0 Å². The van der Waals surface area contributed by atoms with E-state index in [1.807, 2.05) is 0 Å². The molecule has 1 rings (SSSR count). The Bertz CT molecular complexity index is 454. The van der Waals surface area contributed by atoms with Crippen molar-refractivity contribution in [2.75, 3.05) is 10.6 Å². The lowest BCUT2D eigenvalue weighted by atomic mass is 10.2. The minimum absolute atomic E-state index is 0.0236. The molecule has 0 aromatic heterocycles. The number of rotatable bonds is 5. The van der Waals surface area contributed by atoms with E-state index in [0.717, 1.165) is 0 Å². The monoisotopic (exact) mass is 249 g/mol. The highest BCUT2D eigenvalue weighted by atomic mass is 16.2. The number of hydrogen-bond acceptors (Lipinski definition) is 3. The zero-order valence-electron chi connectivity index (χ0n) is 10.0. The maximum absolute atomic E-state index is 11.4. The van der Waals surface area contributed by atoms with E-state index in [9.17, 15) is 14.4 Å². The lowest BCUT2D eigenvalue weighted by Crippen LogP contribution is -2.17. The Hall–Kier alpha value is -2.37. The molecule has 0 radical (unpaired) electrons. The van der Waals surface area contributed by atoms with Crippen molar-refractivity contribution < 1.29 is 14.4 Å². The van der Waals surface area contributed by atoms with Crippen molar-refractivity contribution in [1.82, 2.24) is 0 Å². The minimum atomic E-state index is -0.508. The number of anilines is 2. The fourth-order valence-corrected chi connectivity index (χ4v) is 1.30. The summed E-state index contributed by atoms with van der Waals surface area (Å²) >= 11 is 0. The quantitative estimate of drug-likeness (QED) is 0.720. The first-order valence-corrected chi connectivity index (χ1v) is 5.43. The first kappa shape index (κ1) is 13.7. The summed E-state index contributed by atoms with van der Waals surface area (Å²) in [5.74, 6) is -0.944. The van der Waals surface area contributed by atoms with Crippen LogP contribution in [0.4, 0.5) is 11.4 Å². The van der Waals surface area contributed by atoms with Crippen LogP contribution in [0.2, 0.25) is 0 Å². The lowest BCUT2D eigenvalue weighted by Gasteiger charge is -2.06. The van der Waals surface area contributed by atoms with Gasteiger partial charge in [-0.1, -0.05) is 0 Å². The van der Waals surface area contributed by atoms with E-state index in [1.165, 1.54) is 6.92 Å². The summed E-state index contributed by atoms with van der Waals surface area (Å²) in [7, 11) is 0. The molecule has 0 aliphatic carbocycles. The Labute approximate surface area is 105 Å². The summed E-state index contributed by atoms with van der Waals surface area (Å²) in [4.78, 5) is 32.7. The van der Waals surface area contributed by atoms with Gasteiger partial charge in [-0.2, -0.15) is 0 Å². The Balaban J connectivity index is 2.50. The van der Waals surface area contributed by atoms with Crippen molar-refractivity contribution >= 4 is 29.1 Å². The highest BCUT2D eigenvalue weighted by Gasteiger charge is 2.04. The van der Waals surface area contributed by atoms with Crippen LogP contribution in [0.15, 0.2) is 24.3 Å². The van der Waals surface area contributed by atoms with E-state index >= 15 is 0 Å². The second-order valence-electron chi connectivity index (χ2n) is 3.77. The van der Waals surface area contributed by atoms with Gasteiger partial charge < -0.3 is 16.4 Å². The molecule has 0 aliphatic heterocycles. The van der Waals surface area contributed by atoms with Crippen molar-refractivity contribution in [3.05, 3.63) is 24.3 Å². The molecule has 1 aromatic carbocycles. The molecule has 96 valence electrons.